The van der Waals surface area contributed by atoms with Crippen molar-refractivity contribution in [1.82, 2.24) is 20.2 Å². The van der Waals surface area contributed by atoms with Gasteiger partial charge in [0.05, 0.1) is 11.9 Å². The summed E-state index contributed by atoms with van der Waals surface area (Å²) in [4.78, 5) is 0. The lowest BCUT2D eigenvalue weighted by Crippen LogP contribution is -2.10. The van der Waals surface area contributed by atoms with E-state index in [4.69, 9.17) is 11.1 Å². The topological polar surface area (TPSA) is 93.5 Å². The fraction of sp³-hybridized carbons (Fsp3) is 0.714. The summed E-state index contributed by atoms with van der Waals surface area (Å²) >= 11 is 1.56. The van der Waals surface area contributed by atoms with Crippen LogP contribution in [0.15, 0.2) is 5.16 Å². The average molecular weight is 212 g/mol. The first-order valence-corrected chi connectivity index (χ1v) is 5.49. The number of nitrogens with one attached hydrogen (secondary N) is 1. The summed E-state index contributed by atoms with van der Waals surface area (Å²) < 4.78 is 1.87. The fourth-order valence-corrected chi connectivity index (χ4v) is 2.00. The van der Waals surface area contributed by atoms with Crippen molar-refractivity contribution in [1.29, 1.82) is 5.41 Å². The maximum absolute atomic E-state index is 7.08. The molecular weight excluding hydrogens is 200 g/mol. The van der Waals surface area contributed by atoms with Crippen molar-refractivity contribution in [2.45, 2.75) is 30.5 Å². The first-order chi connectivity index (χ1) is 6.77. The van der Waals surface area contributed by atoms with E-state index in [9.17, 15) is 0 Å². The molecule has 14 heavy (non-hydrogen) atoms. The van der Waals surface area contributed by atoms with E-state index in [1.807, 2.05) is 4.68 Å². The van der Waals surface area contributed by atoms with E-state index in [-0.39, 0.29) is 5.84 Å². The second kappa shape index (κ2) is 3.95. The Labute approximate surface area is 85.7 Å². The van der Waals surface area contributed by atoms with Crippen molar-refractivity contribution in [3.05, 3.63) is 0 Å². The highest BCUT2D eigenvalue weighted by atomic mass is 32.2. The van der Waals surface area contributed by atoms with Gasteiger partial charge in [-0.15, -0.1) is 5.10 Å². The number of tetrazole rings is 1. The molecule has 0 spiro atoms. The summed E-state index contributed by atoms with van der Waals surface area (Å²) in [7, 11) is 0. The van der Waals surface area contributed by atoms with Crippen molar-refractivity contribution in [3.8, 4) is 0 Å². The van der Waals surface area contributed by atoms with Crippen LogP contribution in [0.25, 0.3) is 0 Å². The number of hydrogen-bond acceptors (Lipinski definition) is 5. The van der Waals surface area contributed by atoms with Gasteiger partial charge in [0, 0.05) is 12.2 Å². The molecule has 0 bridgehead atoms. The second-order valence-corrected chi connectivity index (χ2v) is 4.32. The summed E-state index contributed by atoms with van der Waals surface area (Å²) in [5.74, 6) is 0.977. The lowest BCUT2D eigenvalue weighted by molar-refractivity contribution is 0.565. The number of aromatic nitrogens is 4. The monoisotopic (exact) mass is 212 g/mol. The summed E-state index contributed by atoms with van der Waals surface area (Å²) in [6.45, 7) is 0. The number of nitrogens with two attached hydrogens (primary N) is 1. The van der Waals surface area contributed by atoms with Crippen LogP contribution in [0.5, 0.6) is 0 Å². The standard InChI is InChI=1S/C7H12N6S/c8-6(9)3-4-14-7-10-11-12-13(7)5-1-2-5/h5H,1-4H2,(H3,8,9). The molecule has 0 unspecified atom stereocenters. The van der Waals surface area contributed by atoms with Crippen LogP contribution in [0.3, 0.4) is 0 Å². The predicted octanol–water partition coefficient (Wildman–Crippen LogP) is 0.426. The molecule has 0 radical (unpaired) electrons. The second-order valence-electron chi connectivity index (χ2n) is 3.26. The van der Waals surface area contributed by atoms with E-state index in [1.165, 1.54) is 12.8 Å². The molecule has 1 aromatic heterocycles. The molecule has 0 amide bonds. The van der Waals surface area contributed by atoms with Crippen LogP contribution < -0.4 is 5.73 Å². The fourth-order valence-electron chi connectivity index (χ4n) is 1.08. The van der Waals surface area contributed by atoms with Gasteiger partial charge >= 0.3 is 0 Å². The summed E-state index contributed by atoms with van der Waals surface area (Å²) in [5, 5.41) is 19.4. The van der Waals surface area contributed by atoms with Crippen molar-refractivity contribution >= 4 is 17.6 Å². The van der Waals surface area contributed by atoms with Crippen LogP contribution in [-0.2, 0) is 0 Å². The third-order valence-corrected chi connectivity index (χ3v) is 2.89. The van der Waals surface area contributed by atoms with Crippen molar-refractivity contribution in [2.75, 3.05) is 5.75 Å². The van der Waals surface area contributed by atoms with Crippen LogP contribution in [0.2, 0.25) is 0 Å². The Hall–Kier alpha value is -1.11. The molecule has 7 heteroatoms. The van der Waals surface area contributed by atoms with Gasteiger partial charge in [-0.25, -0.2) is 4.68 Å². The SMILES string of the molecule is N=C(N)CCSc1nnnn1C1CC1. The van der Waals surface area contributed by atoms with E-state index in [1.54, 1.807) is 11.8 Å². The van der Waals surface area contributed by atoms with E-state index in [0.29, 0.717) is 12.5 Å². The highest BCUT2D eigenvalue weighted by molar-refractivity contribution is 7.99. The molecular formula is C7H12N6S. The van der Waals surface area contributed by atoms with Gasteiger partial charge in [-0.2, -0.15) is 0 Å². The number of thioether (sulfide) groups is 1. The zero-order valence-corrected chi connectivity index (χ0v) is 8.50. The zero-order valence-electron chi connectivity index (χ0n) is 7.68. The number of nitrogens with zero attached hydrogens (tertiary/aromatic N) is 4. The van der Waals surface area contributed by atoms with Crippen LogP contribution in [0, 0.1) is 5.41 Å². The van der Waals surface area contributed by atoms with Crippen molar-refractivity contribution < 1.29 is 0 Å². The molecule has 1 aliphatic rings. The van der Waals surface area contributed by atoms with Gasteiger partial charge in [-0.1, -0.05) is 11.8 Å². The number of hydrogen-bond donors (Lipinski definition) is 2. The third kappa shape index (κ3) is 2.22. The zero-order chi connectivity index (χ0) is 9.97. The minimum absolute atomic E-state index is 0.211. The van der Waals surface area contributed by atoms with Gasteiger partial charge in [0.15, 0.2) is 0 Å². The van der Waals surface area contributed by atoms with Crippen molar-refractivity contribution in [2.24, 2.45) is 5.73 Å². The van der Waals surface area contributed by atoms with E-state index < -0.39 is 0 Å². The molecule has 1 saturated carbocycles. The number of rotatable bonds is 5. The molecule has 3 N–H and O–H groups in total. The Morgan fingerprint density at radius 2 is 2.43 bits per heavy atom. The van der Waals surface area contributed by atoms with Crippen LogP contribution in [0.4, 0.5) is 0 Å². The van der Waals surface area contributed by atoms with Crippen LogP contribution in [0.1, 0.15) is 25.3 Å². The largest absolute Gasteiger partial charge is 0.388 e. The van der Waals surface area contributed by atoms with E-state index >= 15 is 0 Å². The molecule has 1 heterocycles. The van der Waals surface area contributed by atoms with Gasteiger partial charge in [-0.05, 0) is 23.3 Å². The molecule has 0 saturated heterocycles. The molecule has 76 valence electrons. The molecule has 1 fully saturated rings. The minimum Gasteiger partial charge on any atom is -0.388 e. The predicted molar refractivity (Wildman–Crippen MR) is 53.3 cm³/mol. The molecule has 6 nitrogen and oxygen atoms in total. The van der Waals surface area contributed by atoms with Gasteiger partial charge < -0.3 is 5.73 Å². The van der Waals surface area contributed by atoms with Gasteiger partial charge in [0.1, 0.15) is 0 Å². The maximum atomic E-state index is 7.08. The summed E-state index contributed by atoms with van der Waals surface area (Å²) in [6, 6.07) is 0.504. The molecule has 2 rings (SSSR count). The lowest BCUT2D eigenvalue weighted by atomic mass is 10.5. The Balaban J connectivity index is 1.88. The van der Waals surface area contributed by atoms with Crippen LogP contribution in [-0.4, -0.2) is 31.8 Å². The van der Waals surface area contributed by atoms with E-state index in [2.05, 4.69) is 15.5 Å². The molecule has 0 aromatic carbocycles. The van der Waals surface area contributed by atoms with Crippen LogP contribution >= 0.6 is 11.8 Å². The molecule has 1 aliphatic carbocycles. The Bertz CT molecular complexity index is 331. The highest BCUT2D eigenvalue weighted by Gasteiger charge is 2.27. The van der Waals surface area contributed by atoms with Gasteiger partial charge in [0.25, 0.3) is 0 Å². The van der Waals surface area contributed by atoms with E-state index in [0.717, 1.165) is 10.9 Å². The maximum Gasteiger partial charge on any atom is 0.209 e. The molecule has 1 aromatic rings. The van der Waals surface area contributed by atoms with Gasteiger partial charge in [0.2, 0.25) is 5.16 Å². The lowest BCUT2D eigenvalue weighted by Gasteiger charge is -2.00. The molecule has 0 atom stereocenters. The number of amidine groups is 1. The summed E-state index contributed by atoms with van der Waals surface area (Å²) in [5.41, 5.74) is 5.25. The first kappa shape index (κ1) is 9.45. The van der Waals surface area contributed by atoms with Crippen molar-refractivity contribution in [3.63, 3.8) is 0 Å². The average Bonchev–Trinajstić information content (AvgIpc) is 2.87. The molecule has 0 aliphatic heterocycles. The highest BCUT2D eigenvalue weighted by Crippen LogP contribution is 2.36. The van der Waals surface area contributed by atoms with Gasteiger partial charge in [-0.3, -0.25) is 5.41 Å². The Morgan fingerprint density at radius 3 is 3.07 bits per heavy atom. The Morgan fingerprint density at radius 1 is 1.64 bits per heavy atom. The smallest absolute Gasteiger partial charge is 0.209 e. The summed E-state index contributed by atoms with van der Waals surface area (Å²) in [6.07, 6.45) is 2.93. The normalized spacial score (nSPS) is 15.7. The Kier molecular flexibility index (Phi) is 2.67. The minimum atomic E-state index is 0.211. The third-order valence-electron chi connectivity index (χ3n) is 1.96. The first-order valence-electron chi connectivity index (χ1n) is 4.51. The quantitative estimate of drug-likeness (QED) is 0.419.